The van der Waals surface area contributed by atoms with Crippen LogP contribution in [0.4, 0.5) is 18.3 Å². The van der Waals surface area contributed by atoms with Crippen molar-refractivity contribution in [2.45, 2.75) is 6.18 Å². The number of pyridine rings is 1. The highest BCUT2D eigenvalue weighted by molar-refractivity contribution is 7.13. The van der Waals surface area contributed by atoms with E-state index in [4.69, 9.17) is 10.5 Å². The zero-order chi connectivity index (χ0) is 19.3. The summed E-state index contributed by atoms with van der Waals surface area (Å²) in [7, 11) is 0. The van der Waals surface area contributed by atoms with E-state index in [9.17, 15) is 13.2 Å². The first kappa shape index (κ1) is 19.2. The van der Waals surface area contributed by atoms with Crippen LogP contribution in [-0.4, -0.2) is 60.2 Å². The van der Waals surface area contributed by atoms with Crippen LogP contribution in [0, 0.1) is 0 Å². The molecule has 1 aliphatic heterocycles. The second-order valence-corrected chi connectivity index (χ2v) is 6.63. The number of anilines is 1. The summed E-state index contributed by atoms with van der Waals surface area (Å²) < 4.78 is 42.7. The van der Waals surface area contributed by atoms with E-state index in [1.165, 1.54) is 6.07 Å². The molecule has 11 heteroatoms. The Morgan fingerprint density at radius 3 is 2.59 bits per heavy atom. The van der Waals surface area contributed by atoms with Gasteiger partial charge < -0.3 is 20.3 Å². The Kier molecular flexibility index (Phi) is 5.99. The Morgan fingerprint density at radius 2 is 2.00 bits per heavy atom. The fourth-order valence-electron chi connectivity index (χ4n) is 2.54. The number of guanidine groups is 1. The van der Waals surface area contributed by atoms with Crippen LogP contribution in [0.1, 0.15) is 5.56 Å². The van der Waals surface area contributed by atoms with Gasteiger partial charge in [0.15, 0.2) is 11.1 Å². The van der Waals surface area contributed by atoms with Gasteiger partial charge in [0.25, 0.3) is 0 Å². The third kappa shape index (κ3) is 5.22. The maximum atomic E-state index is 12.5. The molecule has 0 aromatic carbocycles. The summed E-state index contributed by atoms with van der Waals surface area (Å²) >= 11 is 1.61. The lowest BCUT2D eigenvalue weighted by molar-refractivity contribution is -0.137. The molecule has 0 amide bonds. The number of nitrogens with two attached hydrogens (primary N) is 1. The number of ether oxygens (including phenoxy) is 1. The van der Waals surface area contributed by atoms with Crippen LogP contribution in [0.25, 0.3) is 0 Å². The number of aromatic nitrogens is 2. The summed E-state index contributed by atoms with van der Waals surface area (Å²) in [5, 5.41) is 2.95. The van der Waals surface area contributed by atoms with E-state index < -0.39 is 11.7 Å². The quantitative estimate of drug-likeness (QED) is 0.470. The average Bonchev–Trinajstić information content (AvgIpc) is 3.20. The molecule has 3 heterocycles. The molecule has 3 rings (SSSR count). The molecule has 0 saturated carbocycles. The van der Waals surface area contributed by atoms with Crippen LogP contribution < -0.4 is 15.4 Å². The summed E-state index contributed by atoms with van der Waals surface area (Å²) in [6.07, 6.45) is -1.88. The molecule has 1 aliphatic rings. The van der Waals surface area contributed by atoms with Gasteiger partial charge in [-0.15, -0.1) is 11.3 Å². The van der Waals surface area contributed by atoms with Gasteiger partial charge in [-0.1, -0.05) is 0 Å². The van der Waals surface area contributed by atoms with E-state index >= 15 is 0 Å². The summed E-state index contributed by atoms with van der Waals surface area (Å²) in [6.45, 7) is 3.59. The summed E-state index contributed by atoms with van der Waals surface area (Å²) in [5.41, 5.74) is 5.20. The van der Waals surface area contributed by atoms with Crippen molar-refractivity contribution in [3.8, 4) is 5.88 Å². The van der Waals surface area contributed by atoms with Crippen molar-refractivity contribution in [3.05, 3.63) is 35.5 Å². The van der Waals surface area contributed by atoms with Crippen molar-refractivity contribution in [3.63, 3.8) is 0 Å². The second kappa shape index (κ2) is 8.42. The minimum Gasteiger partial charge on any atom is -0.476 e. The van der Waals surface area contributed by atoms with E-state index in [1.807, 2.05) is 10.3 Å². The largest absolute Gasteiger partial charge is 0.476 e. The number of halogens is 3. The smallest absolute Gasteiger partial charge is 0.417 e. The van der Waals surface area contributed by atoms with Gasteiger partial charge in [-0.3, -0.25) is 0 Å². The van der Waals surface area contributed by atoms with E-state index in [2.05, 4.69) is 19.9 Å². The highest BCUT2D eigenvalue weighted by Crippen LogP contribution is 2.29. The van der Waals surface area contributed by atoms with Crippen molar-refractivity contribution >= 4 is 22.4 Å². The van der Waals surface area contributed by atoms with Gasteiger partial charge in [-0.2, -0.15) is 13.2 Å². The van der Waals surface area contributed by atoms with Gasteiger partial charge in [0.05, 0.1) is 12.1 Å². The van der Waals surface area contributed by atoms with Gasteiger partial charge >= 0.3 is 6.18 Å². The van der Waals surface area contributed by atoms with Gasteiger partial charge in [0, 0.05) is 50.0 Å². The van der Waals surface area contributed by atoms with Crippen LogP contribution in [0.3, 0.4) is 0 Å². The number of nitrogens with zero attached hydrogens (tertiary/aromatic N) is 5. The molecule has 2 aromatic heterocycles. The number of thiazole rings is 1. The highest BCUT2D eigenvalue weighted by atomic mass is 32.1. The third-order valence-electron chi connectivity index (χ3n) is 3.97. The van der Waals surface area contributed by atoms with Crippen molar-refractivity contribution in [1.29, 1.82) is 0 Å². The van der Waals surface area contributed by atoms with Gasteiger partial charge in [-0.05, 0) is 6.07 Å². The minimum atomic E-state index is -4.41. The number of aliphatic imine (C=N–C) groups is 1. The van der Waals surface area contributed by atoms with Crippen molar-refractivity contribution in [1.82, 2.24) is 14.9 Å². The normalized spacial score (nSPS) is 15.9. The second-order valence-electron chi connectivity index (χ2n) is 5.76. The van der Waals surface area contributed by atoms with Crippen LogP contribution in [0.5, 0.6) is 5.88 Å². The molecule has 2 aromatic rings. The standard InChI is InChI=1S/C16H19F3N6OS/c17-16(18,19)12-1-2-13(23-11-12)26-9-3-21-14(20)24-5-7-25(8-6-24)15-22-4-10-27-15/h1-2,4,10-11H,3,5-9H2,(H2,20,21). The molecular formula is C16H19F3N6OS. The first-order valence-electron chi connectivity index (χ1n) is 8.29. The first-order valence-corrected chi connectivity index (χ1v) is 9.17. The number of piperazine rings is 1. The van der Waals surface area contributed by atoms with E-state index in [-0.39, 0.29) is 12.5 Å². The molecule has 0 atom stereocenters. The molecular weight excluding hydrogens is 381 g/mol. The zero-order valence-corrected chi connectivity index (χ0v) is 15.2. The van der Waals surface area contributed by atoms with E-state index in [1.54, 1.807) is 17.5 Å². The minimum absolute atomic E-state index is 0.119. The average molecular weight is 400 g/mol. The molecule has 0 aliphatic carbocycles. The zero-order valence-electron chi connectivity index (χ0n) is 14.4. The topological polar surface area (TPSA) is 79.9 Å². The molecule has 1 fully saturated rings. The lowest BCUT2D eigenvalue weighted by Crippen LogP contribution is -2.51. The van der Waals surface area contributed by atoms with E-state index in [0.29, 0.717) is 12.5 Å². The number of alkyl halides is 3. The first-order chi connectivity index (χ1) is 12.9. The van der Waals surface area contributed by atoms with Crippen LogP contribution >= 0.6 is 11.3 Å². The molecule has 0 radical (unpaired) electrons. The van der Waals surface area contributed by atoms with Crippen LogP contribution in [-0.2, 0) is 6.18 Å². The predicted molar refractivity (Wildman–Crippen MR) is 97.1 cm³/mol. The molecule has 0 unspecified atom stereocenters. The summed E-state index contributed by atoms with van der Waals surface area (Å²) in [4.78, 5) is 16.4. The van der Waals surface area contributed by atoms with Crippen LogP contribution in [0.15, 0.2) is 34.9 Å². The number of rotatable bonds is 5. The van der Waals surface area contributed by atoms with Crippen molar-refractivity contribution in [2.75, 3.05) is 44.2 Å². The fraction of sp³-hybridized carbons (Fsp3) is 0.438. The molecule has 146 valence electrons. The molecule has 7 nitrogen and oxygen atoms in total. The van der Waals surface area contributed by atoms with Crippen molar-refractivity contribution < 1.29 is 17.9 Å². The SMILES string of the molecule is NC(=NCCOc1ccc(C(F)(F)F)cn1)N1CCN(c2nccs2)CC1. The molecule has 2 N–H and O–H groups in total. The molecule has 27 heavy (non-hydrogen) atoms. The Hall–Kier alpha value is -2.56. The fourth-order valence-corrected chi connectivity index (χ4v) is 3.24. The highest BCUT2D eigenvalue weighted by Gasteiger charge is 2.30. The Morgan fingerprint density at radius 1 is 1.22 bits per heavy atom. The number of hydrogen-bond donors (Lipinski definition) is 1. The van der Waals surface area contributed by atoms with Gasteiger partial charge in [-0.25, -0.2) is 15.0 Å². The summed E-state index contributed by atoms with van der Waals surface area (Å²) in [6, 6.07) is 2.12. The van der Waals surface area contributed by atoms with Gasteiger partial charge in [0.1, 0.15) is 6.61 Å². The lowest BCUT2D eigenvalue weighted by Gasteiger charge is -2.35. The van der Waals surface area contributed by atoms with Gasteiger partial charge in [0.2, 0.25) is 5.88 Å². The van der Waals surface area contributed by atoms with Crippen LogP contribution in [0.2, 0.25) is 0 Å². The Balaban J connectivity index is 1.41. The maximum absolute atomic E-state index is 12.5. The molecule has 0 spiro atoms. The third-order valence-corrected chi connectivity index (χ3v) is 4.80. The van der Waals surface area contributed by atoms with Crippen molar-refractivity contribution in [2.24, 2.45) is 10.7 Å². The molecule has 0 bridgehead atoms. The maximum Gasteiger partial charge on any atom is 0.417 e. The predicted octanol–water partition coefficient (Wildman–Crippen LogP) is 2.07. The number of hydrogen-bond acceptors (Lipinski definition) is 6. The lowest BCUT2D eigenvalue weighted by atomic mass is 10.3. The monoisotopic (exact) mass is 400 g/mol. The summed E-state index contributed by atoms with van der Waals surface area (Å²) in [5.74, 6) is 0.548. The Bertz CT molecular complexity index is 743. The molecule has 1 saturated heterocycles. The van der Waals surface area contributed by atoms with E-state index in [0.717, 1.165) is 43.6 Å². The Labute approximate surface area is 158 Å².